The molecule has 0 saturated heterocycles. The summed E-state index contributed by atoms with van der Waals surface area (Å²) >= 11 is 9.33. The Kier molecular flexibility index (Phi) is 3.46. The summed E-state index contributed by atoms with van der Waals surface area (Å²) in [6, 6.07) is 10.7. The number of phenolic OH excluding ortho intramolecular Hbond substituents is 1. The van der Waals surface area contributed by atoms with Crippen LogP contribution in [0, 0.1) is 0 Å². The first-order valence-electron chi connectivity index (χ1n) is 5.79. The minimum Gasteiger partial charge on any atom is -0.506 e. The number of nitrogens with zero attached hydrogens (tertiary/aromatic N) is 2. The van der Waals surface area contributed by atoms with Crippen molar-refractivity contribution in [2.45, 2.75) is 0 Å². The molecule has 1 heterocycles. The molecule has 3 rings (SSSR count). The van der Waals surface area contributed by atoms with E-state index in [4.69, 9.17) is 11.6 Å². The highest BCUT2D eigenvalue weighted by molar-refractivity contribution is 9.10. The number of nitrogens with one attached hydrogen (secondary N) is 1. The smallest absolute Gasteiger partial charge is 0.141 e. The van der Waals surface area contributed by atoms with E-state index in [0.717, 1.165) is 21.1 Å². The highest BCUT2D eigenvalue weighted by atomic mass is 79.9. The predicted octanol–water partition coefficient (Wildman–Crippen LogP) is 4.49. The highest BCUT2D eigenvalue weighted by Gasteiger charge is 2.06. The third kappa shape index (κ3) is 2.55. The van der Waals surface area contributed by atoms with Crippen LogP contribution in [0.3, 0.4) is 0 Å². The summed E-state index contributed by atoms with van der Waals surface area (Å²) in [4.78, 5) is 8.46. The van der Waals surface area contributed by atoms with Crippen LogP contribution >= 0.6 is 27.5 Å². The molecule has 0 saturated carbocycles. The number of phenols is 1. The molecule has 20 heavy (non-hydrogen) atoms. The van der Waals surface area contributed by atoms with Crippen LogP contribution in [-0.4, -0.2) is 15.1 Å². The molecule has 0 amide bonds. The minimum atomic E-state index is 0.0486. The van der Waals surface area contributed by atoms with Crippen molar-refractivity contribution in [3.63, 3.8) is 0 Å². The van der Waals surface area contributed by atoms with Crippen LogP contribution in [0.2, 0.25) is 5.02 Å². The number of hydrogen-bond donors (Lipinski definition) is 2. The van der Waals surface area contributed by atoms with Crippen molar-refractivity contribution in [1.82, 2.24) is 9.97 Å². The molecule has 6 heteroatoms. The number of halogens is 2. The van der Waals surface area contributed by atoms with Crippen LogP contribution in [0.25, 0.3) is 10.9 Å². The first-order valence-corrected chi connectivity index (χ1v) is 6.96. The number of hydrogen-bond acceptors (Lipinski definition) is 4. The molecule has 2 aromatic carbocycles. The van der Waals surface area contributed by atoms with E-state index in [1.54, 1.807) is 12.1 Å². The third-order valence-corrected chi connectivity index (χ3v) is 3.60. The first kappa shape index (κ1) is 13.1. The Hall–Kier alpha value is -1.85. The predicted molar refractivity (Wildman–Crippen MR) is 83.6 cm³/mol. The number of anilines is 2. The van der Waals surface area contributed by atoms with Crippen LogP contribution in [0.15, 0.2) is 47.2 Å². The molecule has 2 N–H and O–H groups in total. The molecule has 0 aliphatic carbocycles. The standard InChI is InChI=1S/C14H9BrClN3O/c15-8-1-3-12-10(5-8)14(18-7-17-12)19-9-2-4-13(20)11(16)6-9/h1-7,20H,(H,17,18,19). The fourth-order valence-corrected chi connectivity index (χ4v) is 2.39. The van der Waals surface area contributed by atoms with E-state index in [9.17, 15) is 5.11 Å². The van der Waals surface area contributed by atoms with Gasteiger partial charge in [-0.2, -0.15) is 0 Å². The Morgan fingerprint density at radius 3 is 2.75 bits per heavy atom. The minimum absolute atomic E-state index is 0.0486. The maximum atomic E-state index is 9.43. The van der Waals surface area contributed by atoms with Crippen LogP contribution in [0.4, 0.5) is 11.5 Å². The zero-order chi connectivity index (χ0) is 14.1. The zero-order valence-electron chi connectivity index (χ0n) is 10.1. The number of rotatable bonds is 2. The van der Waals surface area contributed by atoms with Crippen molar-refractivity contribution < 1.29 is 5.11 Å². The van der Waals surface area contributed by atoms with Gasteiger partial charge in [-0.3, -0.25) is 0 Å². The van der Waals surface area contributed by atoms with Gasteiger partial charge in [0.1, 0.15) is 17.9 Å². The van der Waals surface area contributed by atoms with E-state index in [2.05, 4.69) is 31.2 Å². The van der Waals surface area contributed by atoms with E-state index in [1.165, 1.54) is 12.4 Å². The van der Waals surface area contributed by atoms with Crippen molar-refractivity contribution >= 4 is 49.9 Å². The molecule has 0 bridgehead atoms. The van der Waals surface area contributed by atoms with Gasteiger partial charge in [0.2, 0.25) is 0 Å². The molecular formula is C14H9BrClN3O. The molecular weight excluding hydrogens is 342 g/mol. The summed E-state index contributed by atoms with van der Waals surface area (Å²) in [5.74, 6) is 0.727. The molecule has 0 radical (unpaired) electrons. The molecule has 100 valence electrons. The number of fused-ring (bicyclic) bond motifs is 1. The van der Waals surface area contributed by atoms with Crippen LogP contribution < -0.4 is 5.32 Å². The molecule has 4 nitrogen and oxygen atoms in total. The van der Waals surface area contributed by atoms with Crippen LogP contribution in [0.1, 0.15) is 0 Å². The van der Waals surface area contributed by atoms with Crippen LogP contribution in [-0.2, 0) is 0 Å². The Labute approximate surface area is 128 Å². The lowest BCUT2D eigenvalue weighted by molar-refractivity contribution is 0.475. The van der Waals surface area contributed by atoms with Gasteiger partial charge in [0.05, 0.1) is 10.5 Å². The Bertz CT molecular complexity index is 794. The summed E-state index contributed by atoms with van der Waals surface area (Å²) < 4.78 is 0.951. The Balaban J connectivity index is 2.05. The van der Waals surface area contributed by atoms with Gasteiger partial charge in [0, 0.05) is 15.5 Å². The van der Waals surface area contributed by atoms with Crippen molar-refractivity contribution in [3.05, 3.63) is 52.2 Å². The molecule has 0 atom stereocenters. The van der Waals surface area contributed by atoms with E-state index in [1.807, 2.05) is 18.2 Å². The fraction of sp³-hybridized carbons (Fsp3) is 0. The summed E-state index contributed by atoms with van der Waals surface area (Å²) in [6.45, 7) is 0. The fourth-order valence-electron chi connectivity index (χ4n) is 1.85. The third-order valence-electron chi connectivity index (χ3n) is 2.81. The maximum Gasteiger partial charge on any atom is 0.141 e. The van der Waals surface area contributed by atoms with Gasteiger partial charge in [0.25, 0.3) is 0 Å². The normalized spacial score (nSPS) is 10.7. The van der Waals surface area contributed by atoms with Gasteiger partial charge in [0.15, 0.2) is 0 Å². The zero-order valence-corrected chi connectivity index (χ0v) is 12.5. The second kappa shape index (κ2) is 5.26. The molecule has 0 spiro atoms. The summed E-state index contributed by atoms with van der Waals surface area (Å²) in [6.07, 6.45) is 1.50. The van der Waals surface area contributed by atoms with Gasteiger partial charge in [-0.25, -0.2) is 9.97 Å². The number of benzene rings is 2. The summed E-state index contributed by atoms with van der Waals surface area (Å²) in [5, 5.41) is 13.8. The maximum absolute atomic E-state index is 9.43. The molecule has 0 fully saturated rings. The van der Waals surface area contributed by atoms with Crippen LogP contribution in [0.5, 0.6) is 5.75 Å². The van der Waals surface area contributed by atoms with Crippen molar-refractivity contribution in [2.75, 3.05) is 5.32 Å². The average molecular weight is 351 g/mol. The largest absolute Gasteiger partial charge is 0.506 e. The summed E-state index contributed by atoms with van der Waals surface area (Å²) in [5.41, 5.74) is 1.59. The second-order valence-corrected chi connectivity index (χ2v) is 5.50. The van der Waals surface area contributed by atoms with E-state index < -0.39 is 0 Å². The van der Waals surface area contributed by atoms with Gasteiger partial charge < -0.3 is 10.4 Å². The lowest BCUT2D eigenvalue weighted by atomic mass is 10.2. The van der Waals surface area contributed by atoms with E-state index in [0.29, 0.717) is 5.82 Å². The van der Waals surface area contributed by atoms with Gasteiger partial charge >= 0.3 is 0 Å². The lowest BCUT2D eigenvalue weighted by Crippen LogP contribution is -1.96. The molecule has 0 aliphatic heterocycles. The monoisotopic (exact) mass is 349 g/mol. The Morgan fingerprint density at radius 1 is 1.10 bits per heavy atom. The molecule has 3 aromatic rings. The molecule has 0 unspecified atom stereocenters. The topological polar surface area (TPSA) is 58.0 Å². The molecule has 0 aliphatic rings. The van der Waals surface area contributed by atoms with E-state index >= 15 is 0 Å². The highest BCUT2D eigenvalue weighted by Crippen LogP contribution is 2.30. The number of aromatic hydroxyl groups is 1. The first-order chi connectivity index (χ1) is 9.63. The van der Waals surface area contributed by atoms with Gasteiger partial charge in [-0.05, 0) is 36.4 Å². The van der Waals surface area contributed by atoms with Crippen molar-refractivity contribution in [1.29, 1.82) is 0 Å². The second-order valence-electron chi connectivity index (χ2n) is 4.17. The Morgan fingerprint density at radius 2 is 1.95 bits per heavy atom. The quantitative estimate of drug-likeness (QED) is 0.668. The summed E-state index contributed by atoms with van der Waals surface area (Å²) in [7, 11) is 0. The SMILES string of the molecule is Oc1ccc(Nc2ncnc3ccc(Br)cc23)cc1Cl. The average Bonchev–Trinajstić information content (AvgIpc) is 2.44. The number of aromatic nitrogens is 2. The van der Waals surface area contributed by atoms with Gasteiger partial charge in [-0.15, -0.1) is 0 Å². The molecule has 1 aromatic heterocycles. The van der Waals surface area contributed by atoms with Crippen molar-refractivity contribution in [2.24, 2.45) is 0 Å². The van der Waals surface area contributed by atoms with Crippen molar-refractivity contribution in [3.8, 4) is 5.75 Å². The van der Waals surface area contributed by atoms with E-state index in [-0.39, 0.29) is 10.8 Å². The van der Waals surface area contributed by atoms with Gasteiger partial charge in [-0.1, -0.05) is 27.5 Å². The lowest BCUT2D eigenvalue weighted by Gasteiger charge is -2.09.